The van der Waals surface area contributed by atoms with Gasteiger partial charge in [0, 0.05) is 18.9 Å². The first kappa shape index (κ1) is 27.5. The summed E-state index contributed by atoms with van der Waals surface area (Å²) in [7, 11) is 0. The number of hydrogen-bond acceptors (Lipinski definition) is 5. The molecule has 3 aromatic carbocycles. The number of hydrogen-bond donors (Lipinski definition) is 4. The monoisotopic (exact) mass is 528 g/mol. The lowest BCUT2D eigenvalue weighted by Crippen LogP contribution is -2.41. The third-order valence-electron chi connectivity index (χ3n) is 6.71. The molecule has 0 aliphatic heterocycles. The van der Waals surface area contributed by atoms with Crippen molar-refractivity contribution in [1.29, 1.82) is 0 Å². The van der Waals surface area contributed by atoms with Crippen LogP contribution < -0.4 is 10.8 Å². The van der Waals surface area contributed by atoms with Crippen LogP contribution in [0.5, 0.6) is 0 Å². The quantitative estimate of drug-likeness (QED) is 0.159. The predicted octanol–water partition coefficient (Wildman–Crippen LogP) is 4.36. The molecule has 0 aliphatic rings. The summed E-state index contributed by atoms with van der Waals surface area (Å²) in [6.07, 6.45) is 4.37. The van der Waals surface area contributed by atoms with Crippen molar-refractivity contribution in [2.24, 2.45) is 0 Å². The Kier molecular flexibility index (Phi) is 9.06. The second-order valence-electron chi connectivity index (χ2n) is 9.47. The zero-order valence-electron chi connectivity index (χ0n) is 21.8. The molecule has 1 aromatic heterocycles. The maximum Gasteiger partial charge on any atom is 0.336 e. The number of unbranched alkanes of at least 4 members (excludes halogenated alkanes) is 1. The number of carboxylic acid groups (broad SMARTS) is 1. The number of benzene rings is 3. The number of amides is 2. The molecule has 0 radical (unpaired) electrons. The van der Waals surface area contributed by atoms with Crippen LogP contribution in [0.1, 0.15) is 64.0 Å². The second-order valence-corrected chi connectivity index (χ2v) is 9.47. The summed E-state index contributed by atoms with van der Waals surface area (Å²) in [5.41, 5.74) is 4.01. The molecule has 4 N–H and O–H groups in total. The van der Waals surface area contributed by atoms with Gasteiger partial charge in [-0.25, -0.2) is 15.3 Å². The molecule has 1 atom stereocenters. The van der Waals surface area contributed by atoms with Crippen molar-refractivity contribution in [2.45, 2.75) is 51.6 Å². The molecule has 0 saturated carbocycles. The standard InChI is InChI=1S/C30H32N4O5/c1-2-3-13-27-31-18-26(29(36)32-22(17-28(35)33-39)16-20-9-5-4-6-10-20)34(27)19-21-14-15-25(30(37)38)24-12-8-7-11-23(21)24/h4-12,14-15,18,22,39H,2-3,13,16-17,19H2,1H3,(H,32,36)(H,33,35)(H,37,38). The van der Waals surface area contributed by atoms with Crippen molar-refractivity contribution in [3.63, 3.8) is 0 Å². The van der Waals surface area contributed by atoms with Gasteiger partial charge in [-0.3, -0.25) is 14.8 Å². The first-order valence-electron chi connectivity index (χ1n) is 13.0. The Labute approximate surface area is 226 Å². The number of aromatic carboxylic acids is 1. The van der Waals surface area contributed by atoms with E-state index in [-0.39, 0.29) is 17.9 Å². The van der Waals surface area contributed by atoms with E-state index in [0.717, 1.165) is 35.2 Å². The smallest absolute Gasteiger partial charge is 0.336 e. The Morgan fingerprint density at radius 3 is 2.38 bits per heavy atom. The molecule has 4 rings (SSSR count). The van der Waals surface area contributed by atoms with Crippen molar-refractivity contribution in [3.05, 3.63) is 101 Å². The van der Waals surface area contributed by atoms with Crippen molar-refractivity contribution >= 4 is 28.6 Å². The van der Waals surface area contributed by atoms with Crippen molar-refractivity contribution in [2.75, 3.05) is 0 Å². The molecule has 0 spiro atoms. The Balaban J connectivity index is 1.67. The number of rotatable bonds is 12. The molecule has 0 aliphatic carbocycles. The molecule has 1 unspecified atom stereocenters. The molecule has 202 valence electrons. The minimum absolute atomic E-state index is 0.102. The number of fused-ring (bicyclic) bond motifs is 1. The Morgan fingerprint density at radius 1 is 0.974 bits per heavy atom. The van der Waals surface area contributed by atoms with Crippen LogP contribution in [0.2, 0.25) is 0 Å². The summed E-state index contributed by atoms with van der Waals surface area (Å²) in [5, 5.41) is 23.1. The van der Waals surface area contributed by atoms with Gasteiger partial charge in [0.25, 0.3) is 5.91 Å². The third kappa shape index (κ3) is 6.69. The maximum absolute atomic E-state index is 13.6. The fraction of sp³-hybridized carbons (Fsp3) is 0.267. The SMILES string of the molecule is CCCCc1ncc(C(=O)NC(CC(=O)NO)Cc2ccccc2)n1Cc1ccc(C(=O)O)c2ccccc12. The van der Waals surface area contributed by atoms with Crippen molar-refractivity contribution < 1.29 is 24.7 Å². The van der Waals surface area contributed by atoms with Crippen LogP contribution in [-0.2, 0) is 24.2 Å². The van der Waals surface area contributed by atoms with Crippen molar-refractivity contribution in [1.82, 2.24) is 20.3 Å². The molecule has 0 fully saturated rings. The molecule has 1 heterocycles. The summed E-state index contributed by atoms with van der Waals surface area (Å²) in [4.78, 5) is 41.9. The van der Waals surface area contributed by atoms with Crippen LogP contribution in [0.25, 0.3) is 10.8 Å². The summed E-state index contributed by atoms with van der Waals surface area (Å²) in [6.45, 7) is 2.40. The van der Waals surface area contributed by atoms with Gasteiger partial charge < -0.3 is 15.0 Å². The molecular weight excluding hydrogens is 496 g/mol. The first-order valence-corrected chi connectivity index (χ1v) is 13.0. The number of nitrogens with zero attached hydrogens (tertiary/aromatic N) is 2. The average molecular weight is 529 g/mol. The summed E-state index contributed by atoms with van der Waals surface area (Å²) >= 11 is 0. The van der Waals surface area contributed by atoms with Gasteiger partial charge >= 0.3 is 5.97 Å². The number of hydroxylamine groups is 1. The van der Waals surface area contributed by atoms with Gasteiger partial charge in [0.1, 0.15) is 11.5 Å². The fourth-order valence-electron chi connectivity index (χ4n) is 4.76. The fourth-order valence-corrected chi connectivity index (χ4v) is 4.76. The minimum Gasteiger partial charge on any atom is -0.478 e. The Hall–Kier alpha value is -4.50. The molecule has 39 heavy (non-hydrogen) atoms. The van der Waals surface area contributed by atoms with Crippen LogP contribution >= 0.6 is 0 Å². The van der Waals surface area contributed by atoms with Crippen LogP contribution in [0.4, 0.5) is 0 Å². The van der Waals surface area contributed by atoms with E-state index in [0.29, 0.717) is 30.5 Å². The normalized spacial score (nSPS) is 11.7. The highest BCUT2D eigenvalue weighted by Gasteiger charge is 2.23. The zero-order valence-corrected chi connectivity index (χ0v) is 21.8. The van der Waals surface area contributed by atoms with E-state index in [4.69, 9.17) is 5.21 Å². The Bertz CT molecular complexity index is 1470. The number of aryl methyl sites for hydroxylation is 1. The maximum atomic E-state index is 13.6. The number of aromatic nitrogens is 2. The highest BCUT2D eigenvalue weighted by Crippen LogP contribution is 2.25. The topological polar surface area (TPSA) is 134 Å². The number of carbonyl (C=O) groups is 3. The van der Waals surface area contributed by atoms with E-state index >= 15 is 0 Å². The van der Waals surface area contributed by atoms with Gasteiger partial charge in [-0.15, -0.1) is 0 Å². The van der Waals surface area contributed by atoms with Crippen LogP contribution in [0.15, 0.2) is 72.9 Å². The van der Waals surface area contributed by atoms with Gasteiger partial charge in [0.15, 0.2) is 0 Å². The van der Waals surface area contributed by atoms with Gasteiger partial charge in [-0.2, -0.15) is 0 Å². The molecule has 0 bridgehead atoms. The number of carboxylic acids is 1. The van der Waals surface area contributed by atoms with Gasteiger partial charge in [-0.05, 0) is 40.8 Å². The van der Waals surface area contributed by atoms with E-state index in [9.17, 15) is 19.5 Å². The van der Waals surface area contributed by atoms with Crippen LogP contribution in [0, 0.1) is 0 Å². The summed E-state index contributed by atoms with van der Waals surface area (Å²) in [5.74, 6) is -1.23. The lowest BCUT2D eigenvalue weighted by molar-refractivity contribution is -0.129. The third-order valence-corrected chi connectivity index (χ3v) is 6.71. The van der Waals surface area contributed by atoms with Gasteiger partial charge in [-0.1, -0.05) is 74.0 Å². The average Bonchev–Trinajstić information content (AvgIpc) is 3.34. The predicted molar refractivity (Wildman–Crippen MR) is 147 cm³/mol. The number of carbonyl (C=O) groups excluding carboxylic acids is 2. The number of imidazole rings is 1. The lowest BCUT2D eigenvalue weighted by Gasteiger charge is -2.19. The molecule has 9 nitrogen and oxygen atoms in total. The summed E-state index contributed by atoms with van der Waals surface area (Å²) in [6, 6.07) is 19.6. The minimum atomic E-state index is -1.000. The summed E-state index contributed by atoms with van der Waals surface area (Å²) < 4.78 is 1.86. The second kappa shape index (κ2) is 12.8. The van der Waals surface area contributed by atoms with E-state index < -0.39 is 17.9 Å². The van der Waals surface area contributed by atoms with E-state index in [2.05, 4.69) is 17.2 Å². The number of nitrogens with one attached hydrogen (secondary N) is 2. The first-order chi connectivity index (χ1) is 18.9. The Morgan fingerprint density at radius 2 is 1.69 bits per heavy atom. The van der Waals surface area contributed by atoms with Gasteiger partial charge in [0.2, 0.25) is 5.91 Å². The highest BCUT2D eigenvalue weighted by atomic mass is 16.5. The van der Waals surface area contributed by atoms with Crippen molar-refractivity contribution in [3.8, 4) is 0 Å². The zero-order chi connectivity index (χ0) is 27.8. The molecular formula is C30H32N4O5. The van der Waals surface area contributed by atoms with E-state index in [1.807, 2.05) is 47.0 Å². The molecule has 9 heteroatoms. The largest absolute Gasteiger partial charge is 0.478 e. The highest BCUT2D eigenvalue weighted by molar-refractivity contribution is 6.04. The van der Waals surface area contributed by atoms with Crippen LogP contribution in [0.3, 0.4) is 0 Å². The molecule has 0 saturated heterocycles. The lowest BCUT2D eigenvalue weighted by atomic mass is 9.99. The van der Waals surface area contributed by atoms with E-state index in [1.165, 1.54) is 0 Å². The molecule has 4 aromatic rings. The van der Waals surface area contributed by atoms with Crippen LogP contribution in [-0.4, -0.2) is 43.7 Å². The van der Waals surface area contributed by atoms with E-state index in [1.54, 1.807) is 35.9 Å². The molecule has 2 amide bonds. The van der Waals surface area contributed by atoms with Gasteiger partial charge in [0.05, 0.1) is 18.3 Å².